The molecular weight excluding hydrogens is 456 g/mol. The number of fused-ring (bicyclic) bond motifs is 2. The molecule has 0 saturated carbocycles. The Morgan fingerprint density at radius 2 is 1.97 bits per heavy atom. The zero-order chi connectivity index (χ0) is 25.8. The molecule has 4 heterocycles. The molecule has 2 atom stereocenters. The highest BCUT2D eigenvalue weighted by molar-refractivity contribution is 5.85. The van der Waals surface area contributed by atoms with E-state index in [9.17, 15) is 14.7 Å². The van der Waals surface area contributed by atoms with Crippen molar-refractivity contribution >= 4 is 23.0 Å². The first-order valence-corrected chi connectivity index (χ1v) is 12.6. The Morgan fingerprint density at radius 3 is 2.69 bits per heavy atom. The van der Waals surface area contributed by atoms with Crippen molar-refractivity contribution in [3.63, 3.8) is 0 Å². The number of aliphatic hydroxyl groups is 1. The summed E-state index contributed by atoms with van der Waals surface area (Å²) in [6.07, 6.45) is 4.15. The zero-order valence-electron chi connectivity index (χ0n) is 21.6. The number of pyridine rings is 1. The Labute approximate surface area is 211 Å². The highest BCUT2D eigenvalue weighted by Gasteiger charge is 2.37. The van der Waals surface area contributed by atoms with Crippen LogP contribution in [0.2, 0.25) is 0 Å². The van der Waals surface area contributed by atoms with Crippen LogP contribution in [-0.4, -0.2) is 55.1 Å². The van der Waals surface area contributed by atoms with Crippen LogP contribution in [0.25, 0.3) is 22.2 Å². The van der Waals surface area contributed by atoms with Crippen molar-refractivity contribution in [2.75, 3.05) is 6.54 Å². The monoisotopic (exact) mass is 490 g/mol. The fourth-order valence-electron chi connectivity index (χ4n) is 5.35. The number of H-pyrrole nitrogens is 1. The number of hydrogen-bond donors (Lipinski definition) is 2. The molecule has 2 N–H and O–H groups in total. The van der Waals surface area contributed by atoms with Gasteiger partial charge < -0.3 is 24.6 Å². The van der Waals surface area contributed by atoms with Gasteiger partial charge in [-0.15, -0.1) is 0 Å². The third kappa shape index (κ3) is 4.46. The molecule has 36 heavy (non-hydrogen) atoms. The van der Waals surface area contributed by atoms with Gasteiger partial charge in [0.15, 0.2) is 0 Å². The number of benzene rings is 1. The van der Waals surface area contributed by atoms with Gasteiger partial charge in [0.1, 0.15) is 17.4 Å². The molecular formula is C28H34N4O4. The van der Waals surface area contributed by atoms with Crippen LogP contribution < -0.4 is 0 Å². The normalized spacial score (nSPS) is 18.6. The smallest absolute Gasteiger partial charge is 0.410 e. The summed E-state index contributed by atoms with van der Waals surface area (Å²) in [5.41, 5.74) is 6.51. The lowest BCUT2D eigenvalue weighted by atomic mass is 9.91. The lowest BCUT2D eigenvalue weighted by Gasteiger charge is -2.30. The summed E-state index contributed by atoms with van der Waals surface area (Å²) in [4.78, 5) is 37.1. The van der Waals surface area contributed by atoms with E-state index in [4.69, 9.17) is 4.74 Å². The van der Waals surface area contributed by atoms with E-state index >= 15 is 0 Å². The third-order valence-corrected chi connectivity index (χ3v) is 7.07. The molecule has 0 aliphatic carbocycles. The minimum absolute atomic E-state index is 0.138. The molecule has 2 aliphatic rings. The maximum atomic E-state index is 13.1. The summed E-state index contributed by atoms with van der Waals surface area (Å²) in [5.74, 6) is -0.292. The van der Waals surface area contributed by atoms with Crippen LogP contribution in [0.1, 0.15) is 68.8 Å². The van der Waals surface area contributed by atoms with Gasteiger partial charge in [-0.2, -0.15) is 0 Å². The second-order valence-corrected chi connectivity index (χ2v) is 11.0. The second-order valence-electron chi connectivity index (χ2n) is 11.0. The van der Waals surface area contributed by atoms with Gasteiger partial charge in [0.2, 0.25) is 0 Å². The largest absolute Gasteiger partial charge is 0.444 e. The number of amides is 2. The van der Waals surface area contributed by atoms with Gasteiger partial charge in [0.25, 0.3) is 5.91 Å². The second kappa shape index (κ2) is 8.92. The number of ether oxygens (including phenoxy) is 1. The van der Waals surface area contributed by atoms with E-state index < -0.39 is 11.7 Å². The molecule has 190 valence electrons. The maximum Gasteiger partial charge on any atom is 0.410 e. The minimum atomic E-state index is -1.06. The van der Waals surface area contributed by atoms with Gasteiger partial charge in [-0.1, -0.05) is 0 Å². The summed E-state index contributed by atoms with van der Waals surface area (Å²) in [6.45, 7) is 10.7. The van der Waals surface area contributed by atoms with E-state index in [0.717, 1.165) is 57.3 Å². The third-order valence-electron chi connectivity index (χ3n) is 7.07. The van der Waals surface area contributed by atoms with Crippen molar-refractivity contribution in [2.45, 2.75) is 78.3 Å². The van der Waals surface area contributed by atoms with Gasteiger partial charge >= 0.3 is 6.09 Å². The number of hydrogen-bond acceptors (Lipinski definition) is 5. The van der Waals surface area contributed by atoms with Gasteiger partial charge in [-0.3, -0.25) is 4.79 Å². The summed E-state index contributed by atoms with van der Waals surface area (Å²) in [6, 6.07) is 6.26. The molecule has 0 spiro atoms. The van der Waals surface area contributed by atoms with Crippen molar-refractivity contribution < 1.29 is 19.4 Å². The van der Waals surface area contributed by atoms with E-state index in [2.05, 4.69) is 35.1 Å². The van der Waals surface area contributed by atoms with Crippen LogP contribution in [0.3, 0.4) is 0 Å². The van der Waals surface area contributed by atoms with Gasteiger partial charge in [0.05, 0.1) is 6.04 Å². The number of aromatic amines is 1. The lowest BCUT2D eigenvalue weighted by molar-refractivity contribution is -0.139. The quantitative estimate of drug-likeness (QED) is 0.548. The highest BCUT2D eigenvalue weighted by Crippen LogP contribution is 2.41. The first kappa shape index (κ1) is 24.3. The number of nitrogens with one attached hydrogen (secondary N) is 1. The Balaban J connectivity index is 1.59. The summed E-state index contributed by atoms with van der Waals surface area (Å²) in [5, 5.41) is 11.0. The van der Waals surface area contributed by atoms with Crippen LogP contribution >= 0.6 is 0 Å². The molecule has 1 fully saturated rings. The molecule has 1 unspecified atom stereocenters. The zero-order valence-corrected chi connectivity index (χ0v) is 21.6. The first-order chi connectivity index (χ1) is 17.0. The maximum absolute atomic E-state index is 13.1. The molecule has 1 aromatic carbocycles. The molecule has 2 amide bonds. The summed E-state index contributed by atoms with van der Waals surface area (Å²) >= 11 is 0. The Hall–Kier alpha value is -3.39. The molecule has 2 aromatic heterocycles. The molecule has 8 heteroatoms. The molecule has 0 bridgehead atoms. The highest BCUT2D eigenvalue weighted by atomic mass is 16.6. The van der Waals surface area contributed by atoms with Gasteiger partial charge in [-0.05, 0) is 93.5 Å². The number of nitrogens with zero attached hydrogens (tertiary/aromatic N) is 3. The fraction of sp³-hybridized carbons (Fsp3) is 0.464. The van der Waals surface area contributed by atoms with E-state index in [1.807, 2.05) is 38.1 Å². The van der Waals surface area contributed by atoms with E-state index in [0.29, 0.717) is 19.6 Å². The number of aryl methyl sites for hydroxylation is 1. The first-order valence-electron chi connectivity index (χ1n) is 12.6. The molecule has 0 radical (unpaired) electrons. The topological polar surface area (TPSA) is 98.8 Å². The average Bonchev–Trinajstić information content (AvgIpc) is 3.55. The SMILES string of the molecule is Cc1c[nH]c2ncc(-c3cc4c(c([C@@H]5CCCN5C(=O)OC(C)(C)C)c3)CN(C(=O)C(C)O)C4)cc12. The van der Waals surface area contributed by atoms with Crippen LogP contribution in [0.5, 0.6) is 0 Å². The van der Waals surface area contributed by atoms with Crippen molar-refractivity contribution in [1.82, 2.24) is 19.8 Å². The van der Waals surface area contributed by atoms with Crippen molar-refractivity contribution in [3.05, 3.63) is 52.8 Å². The molecule has 3 aromatic rings. The number of carbonyl (C=O) groups is 2. The van der Waals surface area contributed by atoms with Crippen LogP contribution in [0.4, 0.5) is 4.79 Å². The van der Waals surface area contributed by atoms with Gasteiger partial charge in [0, 0.05) is 43.0 Å². The number of carbonyl (C=O) groups excluding carboxylic acids is 2. The van der Waals surface area contributed by atoms with E-state index in [1.165, 1.54) is 6.92 Å². The van der Waals surface area contributed by atoms with Crippen LogP contribution in [-0.2, 0) is 22.6 Å². The van der Waals surface area contributed by atoms with Crippen molar-refractivity contribution in [1.29, 1.82) is 0 Å². The average molecular weight is 491 g/mol. The Kier molecular flexibility index (Phi) is 6.03. The fourth-order valence-corrected chi connectivity index (χ4v) is 5.35. The minimum Gasteiger partial charge on any atom is -0.444 e. The number of rotatable bonds is 3. The van der Waals surface area contributed by atoms with Gasteiger partial charge in [-0.25, -0.2) is 9.78 Å². The van der Waals surface area contributed by atoms with Crippen LogP contribution in [0.15, 0.2) is 30.6 Å². The van der Waals surface area contributed by atoms with Crippen molar-refractivity contribution in [3.8, 4) is 11.1 Å². The standard InChI is InChI=1S/C28H34N4O4/c1-16-12-29-25-21(16)11-19(13-30-25)18-9-20-14-31(26(34)17(2)33)15-23(20)22(10-18)24-7-6-8-32(24)27(35)36-28(3,4)5/h9-13,17,24,33H,6-8,14-15H2,1-5H3,(H,29,30)/t17?,24-/m0/s1. The Bertz CT molecular complexity index is 1340. The summed E-state index contributed by atoms with van der Waals surface area (Å²) < 4.78 is 5.73. The predicted octanol–water partition coefficient (Wildman–Crippen LogP) is 4.83. The number of likely N-dealkylation sites (tertiary alicyclic amines) is 1. The molecule has 5 rings (SSSR count). The Morgan fingerprint density at radius 1 is 1.19 bits per heavy atom. The molecule has 2 aliphatic heterocycles. The van der Waals surface area contributed by atoms with E-state index in [-0.39, 0.29) is 18.0 Å². The summed E-state index contributed by atoms with van der Waals surface area (Å²) in [7, 11) is 0. The number of aliphatic hydroxyl groups excluding tert-OH is 1. The van der Waals surface area contributed by atoms with Crippen molar-refractivity contribution in [2.24, 2.45) is 0 Å². The molecule has 1 saturated heterocycles. The molecule has 8 nitrogen and oxygen atoms in total. The van der Waals surface area contributed by atoms with Crippen LogP contribution in [0, 0.1) is 6.92 Å². The predicted molar refractivity (Wildman–Crippen MR) is 137 cm³/mol. The number of aromatic nitrogens is 2. The lowest BCUT2D eigenvalue weighted by Crippen LogP contribution is -2.37. The van der Waals surface area contributed by atoms with E-state index in [1.54, 1.807) is 4.90 Å².